The van der Waals surface area contributed by atoms with Gasteiger partial charge in [0, 0.05) is 18.8 Å². The molecule has 1 saturated heterocycles. The highest BCUT2D eigenvalue weighted by atomic mass is 32.1. The maximum Gasteiger partial charge on any atom is 0.204 e. The minimum atomic E-state index is 0.711. The quantitative estimate of drug-likeness (QED) is 0.820. The molecule has 0 radical (unpaired) electrons. The zero-order chi connectivity index (χ0) is 11.4. The second-order valence-corrected chi connectivity index (χ2v) is 4.78. The van der Waals surface area contributed by atoms with Crippen LogP contribution in [0.3, 0.4) is 0 Å². The van der Waals surface area contributed by atoms with Gasteiger partial charge in [0.15, 0.2) is 0 Å². The van der Waals surface area contributed by atoms with Crippen LogP contribution in [0.25, 0.3) is 0 Å². The second-order valence-electron chi connectivity index (χ2n) is 4.37. The van der Waals surface area contributed by atoms with Crippen LogP contribution >= 0.6 is 12.2 Å². The van der Waals surface area contributed by atoms with E-state index in [1.54, 1.807) is 0 Å². The van der Waals surface area contributed by atoms with Gasteiger partial charge in [0.05, 0.1) is 0 Å². The molecule has 0 saturated carbocycles. The molecule has 88 valence electrons. The van der Waals surface area contributed by atoms with Crippen LogP contribution in [0.4, 0.5) is 5.95 Å². The number of piperidine rings is 1. The molecule has 0 unspecified atom stereocenters. The van der Waals surface area contributed by atoms with Gasteiger partial charge in [-0.15, -0.1) is 0 Å². The van der Waals surface area contributed by atoms with Gasteiger partial charge in [0.25, 0.3) is 0 Å². The molecule has 1 aromatic heterocycles. The van der Waals surface area contributed by atoms with E-state index in [0.29, 0.717) is 4.64 Å². The number of anilines is 1. The number of aromatic nitrogens is 2. The van der Waals surface area contributed by atoms with Crippen molar-refractivity contribution in [3.63, 3.8) is 0 Å². The van der Waals surface area contributed by atoms with Gasteiger partial charge in [-0.1, -0.05) is 25.6 Å². The van der Waals surface area contributed by atoms with Crippen LogP contribution in [0.2, 0.25) is 0 Å². The van der Waals surface area contributed by atoms with Crippen LogP contribution in [0.15, 0.2) is 6.07 Å². The third-order valence-electron chi connectivity index (χ3n) is 2.96. The molecule has 1 aliphatic heterocycles. The van der Waals surface area contributed by atoms with Crippen molar-refractivity contribution in [3.8, 4) is 0 Å². The molecular formula is C12H19N3S. The summed E-state index contributed by atoms with van der Waals surface area (Å²) in [6.45, 7) is 4.39. The van der Waals surface area contributed by atoms with Crippen molar-refractivity contribution in [1.82, 2.24) is 9.97 Å². The number of aryl methyl sites for hydroxylation is 1. The number of aromatic amines is 1. The minimum Gasteiger partial charge on any atom is -0.342 e. The molecule has 16 heavy (non-hydrogen) atoms. The van der Waals surface area contributed by atoms with Gasteiger partial charge in [0.1, 0.15) is 4.64 Å². The Balaban J connectivity index is 2.21. The van der Waals surface area contributed by atoms with Gasteiger partial charge in [-0.2, -0.15) is 0 Å². The van der Waals surface area contributed by atoms with Crippen molar-refractivity contribution in [2.24, 2.45) is 0 Å². The minimum absolute atomic E-state index is 0.711. The molecule has 4 heteroatoms. The van der Waals surface area contributed by atoms with Crippen molar-refractivity contribution < 1.29 is 0 Å². The zero-order valence-corrected chi connectivity index (χ0v) is 10.6. The van der Waals surface area contributed by atoms with E-state index in [-0.39, 0.29) is 0 Å². The average Bonchev–Trinajstić information content (AvgIpc) is 2.30. The summed E-state index contributed by atoms with van der Waals surface area (Å²) in [5, 5.41) is 0. The van der Waals surface area contributed by atoms with Crippen LogP contribution in [0, 0.1) is 4.64 Å². The Bertz CT molecular complexity index is 393. The van der Waals surface area contributed by atoms with E-state index in [0.717, 1.165) is 31.9 Å². The highest BCUT2D eigenvalue weighted by molar-refractivity contribution is 7.71. The van der Waals surface area contributed by atoms with Crippen LogP contribution in [-0.4, -0.2) is 23.1 Å². The summed E-state index contributed by atoms with van der Waals surface area (Å²) in [5.41, 5.74) is 1.21. The Labute approximate surface area is 102 Å². The zero-order valence-electron chi connectivity index (χ0n) is 9.83. The van der Waals surface area contributed by atoms with E-state index < -0.39 is 0 Å². The molecular weight excluding hydrogens is 218 g/mol. The summed E-state index contributed by atoms with van der Waals surface area (Å²) in [4.78, 5) is 10.1. The molecule has 1 N–H and O–H groups in total. The normalized spacial score (nSPS) is 16.4. The van der Waals surface area contributed by atoms with Crippen molar-refractivity contribution >= 4 is 18.2 Å². The number of nitrogens with zero attached hydrogens (tertiary/aromatic N) is 2. The molecule has 1 aliphatic rings. The number of nitrogens with one attached hydrogen (secondary N) is 1. The summed E-state index contributed by atoms with van der Waals surface area (Å²) in [6, 6.07) is 1.98. The molecule has 0 bridgehead atoms. The fourth-order valence-corrected chi connectivity index (χ4v) is 2.38. The second kappa shape index (κ2) is 5.43. The number of hydrogen-bond acceptors (Lipinski definition) is 3. The van der Waals surface area contributed by atoms with Crippen LogP contribution < -0.4 is 4.90 Å². The van der Waals surface area contributed by atoms with E-state index in [1.165, 1.54) is 25.0 Å². The Morgan fingerprint density at radius 2 is 2.12 bits per heavy atom. The Morgan fingerprint density at radius 1 is 1.38 bits per heavy atom. The molecule has 0 aliphatic carbocycles. The van der Waals surface area contributed by atoms with Crippen molar-refractivity contribution in [3.05, 3.63) is 16.4 Å². The predicted molar refractivity (Wildman–Crippen MR) is 69.5 cm³/mol. The van der Waals surface area contributed by atoms with Crippen molar-refractivity contribution in [1.29, 1.82) is 0 Å². The number of rotatable bonds is 3. The maximum atomic E-state index is 5.21. The van der Waals surface area contributed by atoms with Crippen molar-refractivity contribution in [2.75, 3.05) is 18.0 Å². The summed E-state index contributed by atoms with van der Waals surface area (Å²) in [6.07, 6.45) is 6.05. The van der Waals surface area contributed by atoms with Gasteiger partial charge in [-0.3, -0.25) is 0 Å². The summed E-state index contributed by atoms with van der Waals surface area (Å²) in [7, 11) is 0. The summed E-state index contributed by atoms with van der Waals surface area (Å²) < 4.78 is 0.711. The van der Waals surface area contributed by atoms with E-state index in [9.17, 15) is 0 Å². The first-order chi connectivity index (χ1) is 7.79. The average molecular weight is 237 g/mol. The highest BCUT2D eigenvalue weighted by Gasteiger charge is 2.12. The SMILES string of the molecule is CCCc1cc(=S)nc(N2CCCCC2)[nH]1. The fraction of sp³-hybridized carbons (Fsp3) is 0.667. The molecule has 3 nitrogen and oxygen atoms in total. The van der Waals surface area contributed by atoms with Gasteiger partial charge in [-0.05, 0) is 31.7 Å². The molecule has 0 spiro atoms. The predicted octanol–water partition coefficient (Wildman–Crippen LogP) is 3.08. The molecule has 2 rings (SSSR count). The topological polar surface area (TPSA) is 31.9 Å². The molecule has 0 atom stereocenters. The van der Waals surface area contributed by atoms with Crippen molar-refractivity contribution in [2.45, 2.75) is 39.0 Å². The maximum absolute atomic E-state index is 5.21. The van der Waals surface area contributed by atoms with Gasteiger partial charge >= 0.3 is 0 Å². The number of hydrogen-bond donors (Lipinski definition) is 1. The molecule has 0 amide bonds. The third kappa shape index (κ3) is 2.82. The highest BCUT2D eigenvalue weighted by Crippen LogP contribution is 2.16. The lowest BCUT2D eigenvalue weighted by Gasteiger charge is -2.27. The van der Waals surface area contributed by atoms with Gasteiger partial charge in [-0.25, -0.2) is 4.98 Å². The summed E-state index contributed by atoms with van der Waals surface area (Å²) in [5.74, 6) is 0.968. The standard InChI is InChI=1S/C12H19N3S/c1-2-6-10-9-11(16)14-12(13-10)15-7-4-3-5-8-15/h9H,2-8H2,1H3,(H,13,14,16). The van der Waals surface area contributed by atoms with E-state index in [1.807, 2.05) is 6.07 Å². The van der Waals surface area contributed by atoms with E-state index >= 15 is 0 Å². The molecule has 1 fully saturated rings. The Kier molecular flexibility index (Phi) is 3.93. The van der Waals surface area contributed by atoms with E-state index in [2.05, 4.69) is 21.8 Å². The Morgan fingerprint density at radius 3 is 2.81 bits per heavy atom. The lowest BCUT2D eigenvalue weighted by molar-refractivity contribution is 0.567. The first-order valence-electron chi connectivity index (χ1n) is 6.15. The van der Waals surface area contributed by atoms with Gasteiger partial charge in [0.2, 0.25) is 5.95 Å². The van der Waals surface area contributed by atoms with Crippen LogP contribution in [-0.2, 0) is 6.42 Å². The molecule has 0 aromatic carbocycles. The monoisotopic (exact) mass is 237 g/mol. The fourth-order valence-electron chi connectivity index (χ4n) is 2.15. The molecule has 1 aromatic rings. The number of H-pyrrole nitrogens is 1. The van der Waals surface area contributed by atoms with E-state index in [4.69, 9.17) is 12.2 Å². The van der Waals surface area contributed by atoms with Crippen LogP contribution in [0.1, 0.15) is 38.3 Å². The third-order valence-corrected chi connectivity index (χ3v) is 3.17. The smallest absolute Gasteiger partial charge is 0.204 e. The largest absolute Gasteiger partial charge is 0.342 e. The Hall–Kier alpha value is -0.900. The first kappa shape index (κ1) is 11.6. The summed E-state index contributed by atoms with van der Waals surface area (Å²) >= 11 is 5.21. The first-order valence-corrected chi connectivity index (χ1v) is 6.55. The van der Waals surface area contributed by atoms with Crippen LogP contribution in [0.5, 0.6) is 0 Å². The van der Waals surface area contributed by atoms with Gasteiger partial charge < -0.3 is 9.88 Å². The lowest BCUT2D eigenvalue weighted by atomic mass is 10.1. The molecule has 2 heterocycles. The lowest BCUT2D eigenvalue weighted by Crippen LogP contribution is -2.31.